The van der Waals surface area contributed by atoms with E-state index in [9.17, 15) is 9.59 Å². The number of piperazine rings is 1. The summed E-state index contributed by atoms with van der Waals surface area (Å²) in [5.41, 5.74) is 1.28. The lowest BCUT2D eigenvalue weighted by molar-refractivity contribution is -0.128. The number of rotatable bonds is 4. The van der Waals surface area contributed by atoms with Gasteiger partial charge in [-0.15, -0.1) is 0 Å². The van der Waals surface area contributed by atoms with E-state index in [1.165, 1.54) is 0 Å². The molecule has 3 rings (SSSR count). The molecule has 1 N–H and O–H groups in total. The number of amides is 2. The summed E-state index contributed by atoms with van der Waals surface area (Å²) in [4.78, 5) is 26.9. The molecule has 1 saturated heterocycles. The lowest BCUT2D eigenvalue weighted by Crippen LogP contribution is -2.57. The molecule has 5 nitrogen and oxygen atoms in total. The molecule has 2 aromatic rings. The molecule has 1 aromatic heterocycles. The molecule has 1 aliphatic rings. The first kappa shape index (κ1) is 16.8. The number of hydrogen-bond acceptors (Lipinski definition) is 3. The molecule has 2 heterocycles. The highest BCUT2D eigenvalue weighted by molar-refractivity contribution is 6.35. The lowest BCUT2D eigenvalue weighted by Gasteiger charge is -2.34. The molecule has 0 bridgehead atoms. The number of aryl methyl sites for hydroxylation is 1. The van der Waals surface area contributed by atoms with Crippen LogP contribution in [0, 0.1) is 6.92 Å². The van der Waals surface area contributed by atoms with Crippen LogP contribution in [0.1, 0.15) is 42.3 Å². The largest absolute Gasteiger partial charge is 0.449 e. The highest BCUT2D eigenvalue weighted by Gasteiger charge is 2.35. The first-order valence-electron chi connectivity index (χ1n) is 8.31. The van der Waals surface area contributed by atoms with E-state index in [0.29, 0.717) is 30.1 Å². The highest BCUT2D eigenvalue weighted by Crippen LogP contribution is 2.32. The molecular formula is C18H21ClN2O3. The second-order valence-corrected chi connectivity index (χ2v) is 6.53. The van der Waals surface area contributed by atoms with Crippen LogP contribution in [0.3, 0.4) is 0 Å². The number of nitrogens with one attached hydrogen (secondary N) is 1. The number of furan rings is 1. The smallest absolute Gasteiger partial charge is 0.290 e. The van der Waals surface area contributed by atoms with Crippen LogP contribution in [0.4, 0.5) is 0 Å². The van der Waals surface area contributed by atoms with Crippen molar-refractivity contribution < 1.29 is 14.0 Å². The molecule has 1 atom stereocenters. The second-order valence-electron chi connectivity index (χ2n) is 6.12. The molecule has 128 valence electrons. The number of nitrogens with zero attached hydrogens (tertiary/aromatic N) is 1. The minimum atomic E-state index is -0.436. The highest BCUT2D eigenvalue weighted by atomic mass is 35.5. The standard InChI is InChI=1S/C18H21ClN2O3/c1-3-4-8-14-17(22)20-9-10-21(14)18(23)15-11(2)12-6-5-7-13(19)16(12)24-15/h5-7,14H,3-4,8-10H2,1-2H3,(H,20,22)/t14-/m1/s1. The Morgan fingerprint density at radius 2 is 2.25 bits per heavy atom. The van der Waals surface area contributed by atoms with E-state index >= 15 is 0 Å². The van der Waals surface area contributed by atoms with Crippen molar-refractivity contribution >= 4 is 34.4 Å². The minimum Gasteiger partial charge on any atom is -0.449 e. The van der Waals surface area contributed by atoms with Gasteiger partial charge in [0.2, 0.25) is 5.91 Å². The summed E-state index contributed by atoms with van der Waals surface area (Å²) >= 11 is 6.17. The maximum absolute atomic E-state index is 13.0. The number of hydrogen-bond donors (Lipinski definition) is 1. The van der Waals surface area contributed by atoms with Crippen LogP contribution in [0.25, 0.3) is 11.0 Å². The van der Waals surface area contributed by atoms with Crippen molar-refractivity contribution in [3.05, 3.63) is 34.5 Å². The molecule has 0 aliphatic carbocycles. The molecule has 1 fully saturated rings. The maximum Gasteiger partial charge on any atom is 0.290 e. The minimum absolute atomic E-state index is 0.0881. The number of unbranched alkanes of at least 4 members (excludes halogenated alkanes) is 1. The fraction of sp³-hybridized carbons (Fsp3) is 0.444. The van der Waals surface area contributed by atoms with Crippen molar-refractivity contribution in [1.82, 2.24) is 10.2 Å². The zero-order chi connectivity index (χ0) is 17.3. The van der Waals surface area contributed by atoms with Crippen molar-refractivity contribution in [2.24, 2.45) is 0 Å². The lowest BCUT2D eigenvalue weighted by atomic mass is 10.0. The van der Waals surface area contributed by atoms with Gasteiger partial charge in [0.05, 0.1) is 5.02 Å². The van der Waals surface area contributed by atoms with Gasteiger partial charge in [0.25, 0.3) is 5.91 Å². The Morgan fingerprint density at radius 1 is 1.46 bits per heavy atom. The van der Waals surface area contributed by atoms with Crippen LogP contribution in [-0.4, -0.2) is 35.8 Å². The fourth-order valence-corrected chi connectivity index (χ4v) is 3.40. The maximum atomic E-state index is 13.0. The molecule has 0 unspecified atom stereocenters. The normalized spacial score (nSPS) is 18.0. The van der Waals surface area contributed by atoms with E-state index in [1.807, 2.05) is 19.1 Å². The van der Waals surface area contributed by atoms with Gasteiger partial charge in [-0.05, 0) is 19.4 Å². The van der Waals surface area contributed by atoms with Gasteiger partial charge in [0, 0.05) is 24.0 Å². The third kappa shape index (κ3) is 2.88. The Hall–Kier alpha value is -2.01. The Bertz CT molecular complexity index is 784. The molecule has 0 radical (unpaired) electrons. The Labute approximate surface area is 145 Å². The topological polar surface area (TPSA) is 62.6 Å². The number of benzene rings is 1. The average molecular weight is 349 g/mol. The van der Waals surface area contributed by atoms with E-state index < -0.39 is 6.04 Å². The van der Waals surface area contributed by atoms with E-state index in [-0.39, 0.29) is 17.6 Å². The van der Waals surface area contributed by atoms with Crippen molar-refractivity contribution in [3.63, 3.8) is 0 Å². The first-order valence-corrected chi connectivity index (χ1v) is 8.68. The van der Waals surface area contributed by atoms with E-state index in [0.717, 1.165) is 23.8 Å². The van der Waals surface area contributed by atoms with Crippen LogP contribution < -0.4 is 5.32 Å². The number of para-hydroxylation sites is 1. The number of carbonyl (C=O) groups is 2. The van der Waals surface area contributed by atoms with Gasteiger partial charge in [0.15, 0.2) is 11.3 Å². The number of carbonyl (C=O) groups excluding carboxylic acids is 2. The summed E-state index contributed by atoms with van der Waals surface area (Å²) < 4.78 is 5.78. The van der Waals surface area contributed by atoms with Gasteiger partial charge in [-0.25, -0.2) is 0 Å². The van der Waals surface area contributed by atoms with Gasteiger partial charge in [-0.2, -0.15) is 0 Å². The van der Waals surface area contributed by atoms with Gasteiger partial charge in [-0.3, -0.25) is 9.59 Å². The second kappa shape index (κ2) is 6.85. The van der Waals surface area contributed by atoms with E-state index in [2.05, 4.69) is 12.2 Å². The summed E-state index contributed by atoms with van der Waals surface area (Å²) in [6, 6.07) is 5.02. The molecule has 24 heavy (non-hydrogen) atoms. The Kier molecular flexibility index (Phi) is 4.81. The molecule has 0 spiro atoms. The summed E-state index contributed by atoms with van der Waals surface area (Å²) in [5.74, 6) is -0.0557. The van der Waals surface area contributed by atoms with Gasteiger partial charge in [-0.1, -0.05) is 43.5 Å². The van der Waals surface area contributed by atoms with E-state index in [4.69, 9.17) is 16.0 Å². The first-order chi connectivity index (χ1) is 11.5. The van der Waals surface area contributed by atoms with Crippen molar-refractivity contribution in [2.75, 3.05) is 13.1 Å². The predicted molar refractivity (Wildman–Crippen MR) is 93.3 cm³/mol. The molecule has 2 amide bonds. The van der Waals surface area contributed by atoms with Crippen LogP contribution in [-0.2, 0) is 4.79 Å². The number of fused-ring (bicyclic) bond motifs is 1. The molecule has 6 heteroatoms. The number of halogens is 1. The van der Waals surface area contributed by atoms with Gasteiger partial charge >= 0.3 is 0 Å². The fourth-order valence-electron chi connectivity index (χ4n) is 3.19. The summed E-state index contributed by atoms with van der Waals surface area (Å²) in [6.07, 6.45) is 2.53. The zero-order valence-electron chi connectivity index (χ0n) is 13.9. The average Bonchev–Trinajstić information content (AvgIpc) is 2.91. The van der Waals surface area contributed by atoms with Crippen LogP contribution >= 0.6 is 11.6 Å². The molecule has 1 aliphatic heterocycles. The van der Waals surface area contributed by atoms with Crippen LogP contribution in [0.15, 0.2) is 22.6 Å². The van der Waals surface area contributed by atoms with Crippen LogP contribution in [0.2, 0.25) is 5.02 Å². The van der Waals surface area contributed by atoms with Crippen molar-refractivity contribution in [3.8, 4) is 0 Å². The SMILES string of the molecule is CCCC[C@@H]1C(=O)NCCN1C(=O)c1oc2c(Cl)cccc2c1C. The zero-order valence-corrected chi connectivity index (χ0v) is 14.7. The van der Waals surface area contributed by atoms with Gasteiger partial charge < -0.3 is 14.6 Å². The predicted octanol–water partition coefficient (Wildman–Crippen LogP) is 3.53. The quantitative estimate of drug-likeness (QED) is 0.919. The van der Waals surface area contributed by atoms with E-state index in [1.54, 1.807) is 11.0 Å². The molecule has 0 saturated carbocycles. The summed E-state index contributed by atoms with van der Waals surface area (Å²) in [6.45, 7) is 4.87. The third-order valence-corrected chi connectivity index (χ3v) is 4.83. The molecular weight excluding hydrogens is 328 g/mol. The summed E-state index contributed by atoms with van der Waals surface area (Å²) in [7, 11) is 0. The monoisotopic (exact) mass is 348 g/mol. The summed E-state index contributed by atoms with van der Waals surface area (Å²) in [5, 5.41) is 4.15. The Morgan fingerprint density at radius 3 is 2.96 bits per heavy atom. The van der Waals surface area contributed by atoms with Crippen molar-refractivity contribution in [2.45, 2.75) is 39.2 Å². The van der Waals surface area contributed by atoms with Gasteiger partial charge in [0.1, 0.15) is 6.04 Å². The van der Waals surface area contributed by atoms with Crippen LogP contribution in [0.5, 0.6) is 0 Å². The van der Waals surface area contributed by atoms with Crippen molar-refractivity contribution in [1.29, 1.82) is 0 Å². The Balaban J connectivity index is 1.96. The third-order valence-electron chi connectivity index (χ3n) is 4.53. The molecule has 1 aromatic carbocycles.